The van der Waals surface area contributed by atoms with E-state index in [0.29, 0.717) is 41.0 Å². The summed E-state index contributed by atoms with van der Waals surface area (Å²) in [6, 6.07) is 50.0. The second kappa shape index (κ2) is 42.6. The smallest absolute Gasteiger partial charge is 0.261 e. The molecule has 10 heterocycles. The lowest BCUT2D eigenvalue weighted by Gasteiger charge is -2.29. The van der Waals surface area contributed by atoms with E-state index in [2.05, 4.69) is 51.8 Å². The molecule has 6 atom stereocenters. The van der Waals surface area contributed by atoms with Gasteiger partial charge in [0.05, 0.1) is 116 Å². The highest BCUT2D eigenvalue weighted by molar-refractivity contribution is 6.43. The minimum atomic E-state index is -2.06. The predicted molar refractivity (Wildman–Crippen MR) is 532 cm³/mol. The highest BCUT2D eigenvalue weighted by atomic mass is 35.5. The first kappa shape index (κ1) is 104. The number of fused-ring (bicyclic) bond motifs is 6. The molecule has 29 nitrogen and oxygen atoms in total. The van der Waals surface area contributed by atoms with Gasteiger partial charge in [-0.05, 0) is 147 Å². The molecule has 12 aromatic rings. The molecule has 0 saturated carbocycles. The summed E-state index contributed by atoms with van der Waals surface area (Å²) in [4.78, 5) is 162. The van der Waals surface area contributed by atoms with E-state index in [0.717, 1.165) is 29.9 Å². The Morgan fingerprint density at radius 2 is 0.550 bits per heavy atom. The van der Waals surface area contributed by atoms with Crippen LogP contribution in [0.15, 0.2) is 219 Å². The number of Topliss-reactive ketones (excluding diaryl/α,β-unsaturated/α-hetero) is 6. The number of morpholine rings is 1. The van der Waals surface area contributed by atoms with Crippen molar-refractivity contribution in [1.82, 2.24) is 15.0 Å². The van der Waals surface area contributed by atoms with Gasteiger partial charge in [-0.15, -0.1) is 0 Å². The third-order valence-electron chi connectivity index (χ3n) is 23.5. The molecule has 140 heavy (non-hydrogen) atoms. The molecule has 0 radical (unpaired) electrons. The Bertz CT molecular complexity index is 6610. The average Bonchev–Trinajstić information content (AvgIpc) is 1.62. The van der Waals surface area contributed by atoms with E-state index < -0.39 is 125 Å². The van der Waals surface area contributed by atoms with Crippen molar-refractivity contribution in [2.45, 2.75) is 86.0 Å². The van der Waals surface area contributed by atoms with Gasteiger partial charge >= 0.3 is 0 Å². The molecule has 1 fully saturated rings. The minimum Gasteiger partial charge on any atom is -0.378 e. The average molecular weight is 2130 g/mol. The Hall–Kier alpha value is -11.7. The number of aryl methyl sites for hydroxylation is 2. The molecule has 0 aliphatic carbocycles. The van der Waals surface area contributed by atoms with Crippen molar-refractivity contribution < 1.29 is 92.9 Å². The number of halogens is 12. The summed E-state index contributed by atoms with van der Waals surface area (Å²) in [7, 11) is 0. The van der Waals surface area contributed by atoms with Crippen LogP contribution in [-0.4, -0.2) is 142 Å². The third kappa shape index (κ3) is 21.1. The summed E-state index contributed by atoms with van der Waals surface area (Å²) in [5.41, 5.74) is -4.90. The van der Waals surface area contributed by atoms with Crippen LogP contribution in [0.3, 0.4) is 0 Å². The fourth-order valence-electron chi connectivity index (χ4n) is 16.2. The van der Waals surface area contributed by atoms with Crippen molar-refractivity contribution in [1.29, 1.82) is 0 Å². The molecule has 9 aromatic carbocycles. The van der Waals surface area contributed by atoms with Crippen LogP contribution in [0.25, 0.3) is 0 Å². The highest BCUT2D eigenvalue weighted by Gasteiger charge is 2.55. The number of carbonyl (C=O) groups excluding carboxylic acids is 12. The van der Waals surface area contributed by atoms with E-state index in [9.17, 15) is 88.2 Å². The van der Waals surface area contributed by atoms with Crippen LogP contribution in [0.5, 0.6) is 0 Å². The Balaban J connectivity index is 0.000000134. The van der Waals surface area contributed by atoms with Gasteiger partial charge in [0.2, 0.25) is 0 Å². The van der Waals surface area contributed by atoms with Crippen molar-refractivity contribution in [3.8, 4) is 0 Å². The zero-order chi connectivity index (χ0) is 101. The van der Waals surface area contributed by atoms with Gasteiger partial charge in [-0.25, -0.2) is 0 Å². The van der Waals surface area contributed by atoms with Crippen LogP contribution in [0.2, 0.25) is 60.3 Å². The van der Waals surface area contributed by atoms with E-state index in [-0.39, 0.29) is 151 Å². The molecule has 0 spiro atoms. The third-order valence-corrected chi connectivity index (χ3v) is 27.3. The van der Waals surface area contributed by atoms with Crippen LogP contribution in [0.1, 0.15) is 145 Å². The molecule has 6 unspecified atom stereocenters. The fraction of sp³-hybridized carbons (Fsp3) is 0.182. The van der Waals surface area contributed by atoms with Crippen molar-refractivity contribution in [2.75, 3.05) is 63.1 Å². The summed E-state index contributed by atoms with van der Waals surface area (Å²) in [6.45, 7) is 6.75. The number of pyridine rings is 3. The zero-order valence-corrected chi connectivity index (χ0v) is 81.7. The van der Waals surface area contributed by atoms with Crippen LogP contribution >= 0.6 is 139 Å². The summed E-state index contributed by atoms with van der Waals surface area (Å²) < 4.78 is 5.34. The van der Waals surface area contributed by atoms with Gasteiger partial charge < -0.3 is 72.2 Å². The quantitative estimate of drug-likeness (QED) is 0.0335. The maximum absolute atomic E-state index is 12.8. The summed E-state index contributed by atoms with van der Waals surface area (Å²) in [5, 5.41) is 82.5. The van der Waals surface area contributed by atoms with E-state index >= 15 is 0 Å². The number of aromatic nitrogens is 3. The number of benzene rings is 9. The first-order chi connectivity index (χ1) is 66.3. The molecular weight excluding hydrogens is 2060 g/mol. The molecule has 3 aromatic heterocycles. The lowest BCUT2D eigenvalue weighted by Crippen LogP contribution is -2.37. The fourth-order valence-corrected chi connectivity index (χ4v) is 19.3. The number of ether oxygens (including phenoxy) is 1. The van der Waals surface area contributed by atoms with E-state index in [1.807, 2.05) is 26.0 Å². The number of rotatable bonds is 19. The second-order valence-corrected chi connectivity index (χ2v) is 37.6. The highest BCUT2D eigenvalue weighted by Crippen LogP contribution is 2.54. The second-order valence-electron chi connectivity index (χ2n) is 32.7. The van der Waals surface area contributed by atoms with Gasteiger partial charge in [-0.1, -0.05) is 205 Å². The molecule has 0 bridgehead atoms. The van der Waals surface area contributed by atoms with E-state index in [1.54, 1.807) is 84.9 Å². The molecule has 6 amide bonds. The van der Waals surface area contributed by atoms with Crippen LogP contribution in [-0.2, 0) is 67.1 Å². The topological polar surface area (TPSA) is 450 Å². The van der Waals surface area contributed by atoms with Crippen molar-refractivity contribution in [3.05, 3.63) is 357 Å². The first-order valence-electron chi connectivity index (χ1n) is 42.0. The predicted octanol–water partition coefficient (Wildman–Crippen LogP) is 19.1. The molecule has 718 valence electrons. The Morgan fingerprint density at radius 1 is 0.293 bits per heavy atom. The number of anilines is 7. The van der Waals surface area contributed by atoms with E-state index in [4.69, 9.17) is 144 Å². The maximum atomic E-state index is 12.8. The minimum absolute atomic E-state index is 0.121. The SMILES string of the molecule is Cc1ccc(C(=O)CC2(O)C(=O)Nc3c(Cl)ccc(Cl)c32)cc1.Cc1ccc(C(=O)CC2(O)C(=O)Nc3c(Cl)ccc(Cl)c32)cc1.O=C(CC1(O)C(=O)Nc2c(Cl)ccc(Cl)c21)c1ccc(N2CCOCC2)cc1.O=C(CC1(O)C(=O)Nc2c(Cl)ccc(Cl)c21)c1ccccn1.O=C(CC1(O)C(=O)Nc2c(Cl)ccc(Cl)c21)c1cccnc1.O=C(CC1(O)C(=O)Nc2c(Cl)ccc(Cl)c21)c1ccncc1. The number of amides is 6. The van der Waals surface area contributed by atoms with Gasteiger partial charge in [0.25, 0.3) is 35.4 Å². The summed E-state index contributed by atoms with van der Waals surface area (Å²) in [5.74, 6) is -6.67. The number of ketones is 6. The van der Waals surface area contributed by atoms with Crippen molar-refractivity contribution in [2.24, 2.45) is 0 Å². The molecule has 1 saturated heterocycles. The number of nitrogens with one attached hydrogen (secondary N) is 6. The monoisotopic (exact) mass is 2130 g/mol. The lowest BCUT2D eigenvalue weighted by molar-refractivity contribution is -0.133. The summed E-state index contributed by atoms with van der Waals surface area (Å²) in [6.07, 6.45) is 4.69. The molecule has 7 aliphatic rings. The lowest BCUT2D eigenvalue weighted by atomic mass is 9.88. The Kier molecular flexibility index (Phi) is 31.7. The largest absolute Gasteiger partial charge is 0.378 e. The number of aliphatic hydroxyl groups is 6. The van der Waals surface area contributed by atoms with Crippen LogP contribution in [0.4, 0.5) is 39.8 Å². The number of nitrogens with zero attached hydrogens (tertiary/aromatic N) is 4. The van der Waals surface area contributed by atoms with Gasteiger partial charge in [-0.2, -0.15) is 0 Å². The van der Waals surface area contributed by atoms with Crippen LogP contribution in [0, 0.1) is 13.8 Å². The van der Waals surface area contributed by atoms with Crippen LogP contribution < -0.4 is 36.8 Å². The normalized spacial score (nSPS) is 19.9. The zero-order valence-electron chi connectivity index (χ0n) is 72.7. The summed E-state index contributed by atoms with van der Waals surface area (Å²) >= 11 is 72.9. The molecular formula is C99H74Cl12N10O19. The van der Waals surface area contributed by atoms with Gasteiger partial charge in [0.1, 0.15) is 5.69 Å². The Morgan fingerprint density at radius 3 is 0.814 bits per heavy atom. The maximum Gasteiger partial charge on any atom is 0.261 e. The number of hydrogen-bond donors (Lipinski definition) is 12. The van der Waals surface area contributed by atoms with Gasteiger partial charge in [0, 0.05) is 141 Å². The molecule has 41 heteroatoms. The molecule has 12 N–H and O–H groups in total. The molecule has 7 aliphatic heterocycles. The molecule has 19 rings (SSSR count). The van der Waals surface area contributed by atoms with Gasteiger partial charge in [0.15, 0.2) is 68.3 Å². The van der Waals surface area contributed by atoms with Gasteiger partial charge in [-0.3, -0.25) is 72.5 Å². The standard InChI is InChI=1S/C20H18Cl2N2O4.2C17H13Cl2NO3.3C15H10Cl2N2O3/c21-14-5-6-15(22)18-17(14)20(27,19(26)23-18)11-16(25)12-1-3-13(4-2-12)24-7-9-28-10-8-24;2*1-9-2-4-10(5-3-9)13(21)8-17(23)14-11(18)6-7-12(19)15(14)20-16(17)22;16-9-1-2-10(17)13-12(9)15(22,14(21)19-13)7-11(20)8-3-5-18-6-4-8;16-9-3-4-10(17)13-12(9)15(22,14(21)19-13)6-11(20)8-2-1-5-18-7-8;16-8-4-5-9(17)13-12(8)15(22,14(21)19-13)7-11(20)10-3-1-2-6-18-10/h1-6,27H,7-11H2,(H,23,26);2*2-7,23H,8H2,1H3,(H,20,22);1-6,22H,7H2,(H,19,21);1-5,7,22H,6H2,(H,19,21);1-6,22H,7H2,(H,19,21). The number of hydrogen-bond acceptors (Lipinski definition) is 23. The Labute approximate surface area is 856 Å². The van der Waals surface area contributed by atoms with Crippen molar-refractivity contribution in [3.63, 3.8) is 0 Å². The number of carbonyl (C=O) groups is 12. The van der Waals surface area contributed by atoms with E-state index in [1.165, 1.54) is 122 Å². The van der Waals surface area contributed by atoms with Crippen molar-refractivity contribution >= 4 is 249 Å². The first-order valence-corrected chi connectivity index (χ1v) is 46.5.